The summed E-state index contributed by atoms with van der Waals surface area (Å²) in [6.07, 6.45) is 3.90. The lowest BCUT2D eigenvalue weighted by Crippen LogP contribution is -2.13. The minimum absolute atomic E-state index is 0.0923. The van der Waals surface area contributed by atoms with E-state index < -0.39 is 0 Å². The normalized spacial score (nSPS) is 20.3. The van der Waals surface area contributed by atoms with Crippen LogP contribution in [0, 0.1) is 0 Å². The summed E-state index contributed by atoms with van der Waals surface area (Å²) in [6.45, 7) is 0. The molecule has 1 aliphatic rings. The van der Waals surface area contributed by atoms with E-state index in [4.69, 9.17) is 17.3 Å². The van der Waals surface area contributed by atoms with Crippen LogP contribution in [0.5, 0.6) is 0 Å². The van der Waals surface area contributed by atoms with E-state index in [0.29, 0.717) is 17.6 Å². The SMILES string of the molecule is Nc1nc(Cl)c2ncn(C3CCCC3=O)c2n1. The van der Waals surface area contributed by atoms with Crippen LogP contribution >= 0.6 is 11.6 Å². The van der Waals surface area contributed by atoms with Crippen molar-refractivity contribution in [3.63, 3.8) is 0 Å². The van der Waals surface area contributed by atoms with Gasteiger partial charge in [-0.1, -0.05) is 11.6 Å². The van der Waals surface area contributed by atoms with Crippen LogP contribution in [0.25, 0.3) is 11.2 Å². The van der Waals surface area contributed by atoms with Crippen molar-refractivity contribution in [1.29, 1.82) is 0 Å². The van der Waals surface area contributed by atoms with Gasteiger partial charge in [0.25, 0.3) is 0 Å². The molecule has 0 amide bonds. The van der Waals surface area contributed by atoms with Crippen molar-refractivity contribution in [3.05, 3.63) is 11.5 Å². The smallest absolute Gasteiger partial charge is 0.223 e. The van der Waals surface area contributed by atoms with Gasteiger partial charge in [0.2, 0.25) is 5.95 Å². The molecule has 0 bridgehead atoms. The maximum atomic E-state index is 11.7. The Morgan fingerprint density at radius 1 is 1.47 bits per heavy atom. The second-order valence-electron chi connectivity index (χ2n) is 4.07. The molecule has 0 aliphatic heterocycles. The van der Waals surface area contributed by atoms with Crippen molar-refractivity contribution in [2.24, 2.45) is 0 Å². The topological polar surface area (TPSA) is 86.7 Å². The maximum absolute atomic E-state index is 11.7. The van der Waals surface area contributed by atoms with Crippen LogP contribution in [0.3, 0.4) is 0 Å². The number of halogens is 1. The second-order valence-corrected chi connectivity index (χ2v) is 4.43. The molecule has 17 heavy (non-hydrogen) atoms. The Balaban J connectivity index is 2.20. The van der Waals surface area contributed by atoms with E-state index in [-0.39, 0.29) is 22.9 Å². The van der Waals surface area contributed by atoms with Gasteiger partial charge in [0.1, 0.15) is 5.52 Å². The third kappa shape index (κ3) is 1.56. The number of aromatic nitrogens is 4. The number of carbonyl (C=O) groups is 1. The summed E-state index contributed by atoms with van der Waals surface area (Å²) in [4.78, 5) is 23.8. The minimum Gasteiger partial charge on any atom is -0.368 e. The summed E-state index contributed by atoms with van der Waals surface area (Å²) in [5, 5.41) is 0.219. The van der Waals surface area contributed by atoms with Crippen LogP contribution in [0.4, 0.5) is 5.95 Å². The maximum Gasteiger partial charge on any atom is 0.223 e. The summed E-state index contributed by atoms with van der Waals surface area (Å²) in [5.41, 5.74) is 6.57. The number of Topliss-reactive ketones (excluding diaryl/α,β-unsaturated/α-hetero) is 1. The van der Waals surface area contributed by atoms with E-state index in [1.165, 1.54) is 0 Å². The molecule has 2 aromatic heterocycles. The Kier molecular flexibility index (Phi) is 2.25. The molecule has 0 spiro atoms. The van der Waals surface area contributed by atoms with E-state index >= 15 is 0 Å². The van der Waals surface area contributed by atoms with Crippen molar-refractivity contribution in [2.45, 2.75) is 25.3 Å². The van der Waals surface area contributed by atoms with Gasteiger partial charge in [-0.3, -0.25) is 4.79 Å². The van der Waals surface area contributed by atoms with Crippen LogP contribution in [0.2, 0.25) is 5.15 Å². The lowest BCUT2D eigenvalue weighted by atomic mass is 10.2. The molecule has 7 heteroatoms. The molecule has 0 radical (unpaired) electrons. The number of nitrogen functional groups attached to an aromatic ring is 1. The largest absolute Gasteiger partial charge is 0.368 e. The first-order valence-electron chi connectivity index (χ1n) is 5.35. The molecular formula is C10H10ClN5O. The highest BCUT2D eigenvalue weighted by Gasteiger charge is 2.28. The highest BCUT2D eigenvalue weighted by molar-refractivity contribution is 6.33. The molecule has 0 aromatic carbocycles. The Morgan fingerprint density at radius 3 is 3.00 bits per heavy atom. The fourth-order valence-electron chi connectivity index (χ4n) is 2.22. The number of imidazole rings is 1. The van der Waals surface area contributed by atoms with Crippen molar-refractivity contribution in [2.75, 3.05) is 5.73 Å². The van der Waals surface area contributed by atoms with Gasteiger partial charge >= 0.3 is 0 Å². The zero-order chi connectivity index (χ0) is 12.0. The number of hydrogen-bond donors (Lipinski definition) is 1. The monoisotopic (exact) mass is 251 g/mol. The van der Waals surface area contributed by atoms with Crippen molar-refractivity contribution < 1.29 is 4.79 Å². The summed E-state index contributed by atoms with van der Waals surface area (Å²) in [6, 6.07) is -0.189. The fourth-order valence-corrected chi connectivity index (χ4v) is 2.44. The number of nitrogens with two attached hydrogens (primary N) is 1. The predicted octanol–water partition coefficient (Wildman–Crippen LogP) is 1.36. The van der Waals surface area contributed by atoms with Crippen molar-refractivity contribution >= 4 is 34.5 Å². The quantitative estimate of drug-likeness (QED) is 0.773. The molecule has 2 aromatic rings. The van der Waals surface area contributed by atoms with E-state index in [9.17, 15) is 4.79 Å². The van der Waals surface area contributed by atoms with Gasteiger partial charge in [-0.05, 0) is 12.8 Å². The Morgan fingerprint density at radius 2 is 2.29 bits per heavy atom. The standard InChI is InChI=1S/C10H10ClN5O/c11-8-7-9(15-10(12)14-8)16(4-13-7)5-2-1-3-6(5)17/h4-5H,1-3H2,(H2,12,14,15). The second kappa shape index (κ2) is 3.66. The first-order chi connectivity index (χ1) is 8.16. The van der Waals surface area contributed by atoms with Crippen LogP contribution < -0.4 is 5.73 Å². The summed E-state index contributed by atoms with van der Waals surface area (Å²) < 4.78 is 1.74. The molecule has 3 rings (SSSR count). The Hall–Kier alpha value is -1.69. The third-order valence-corrected chi connectivity index (χ3v) is 3.27. The van der Waals surface area contributed by atoms with Crippen LogP contribution in [0.1, 0.15) is 25.3 Å². The molecule has 1 saturated carbocycles. The molecule has 88 valence electrons. The number of ketones is 1. The van der Waals surface area contributed by atoms with Crippen molar-refractivity contribution in [3.8, 4) is 0 Å². The Labute approximate surface area is 102 Å². The average molecular weight is 252 g/mol. The third-order valence-electron chi connectivity index (χ3n) is 3.00. The first kappa shape index (κ1) is 10.5. The zero-order valence-corrected chi connectivity index (χ0v) is 9.68. The molecule has 6 nitrogen and oxygen atoms in total. The summed E-state index contributed by atoms with van der Waals surface area (Å²) >= 11 is 5.93. The Bertz CT molecular complexity index is 608. The van der Waals surface area contributed by atoms with Crippen molar-refractivity contribution in [1.82, 2.24) is 19.5 Å². The molecule has 1 atom stereocenters. The number of nitrogens with zero attached hydrogens (tertiary/aromatic N) is 4. The molecule has 1 aliphatic carbocycles. The first-order valence-corrected chi connectivity index (χ1v) is 5.73. The van der Waals surface area contributed by atoms with Crippen LogP contribution in [-0.4, -0.2) is 25.3 Å². The minimum atomic E-state index is -0.189. The molecule has 1 fully saturated rings. The highest BCUT2D eigenvalue weighted by Crippen LogP contribution is 2.30. The number of hydrogen-bond acceptors (Lipinski definition) is 5. The van der Waals surface area contributed by atoms with E-state index in [0.717, 1.165) is 12.8 Å². The van der Waals surface area contributed by atoms with Gasteiger partial charge < -0.3 is 10.3 Å². The molecule has 2 heterocycles. The van der Waals surface area contributed by atoms with Gasteiger partial charge in [-0.25, -0.2) is 4.98 Å². The van der Waals surface area contributed by atoms with E-state index in [1.807, 2.05) is 0 Å². The summed E-state index contributed by atoms with van der Waals surface area (Å²) in [5.74, 6) is 0.298. The van der Waals surface area contributed by atoms with E-state index in [2.05, 4.69) is 15.0 Å². The van der Waals surface area contributed by atoms with Gasteiger partial charge in [0, 0.05) is 6.42 Å². The molecule has 2 N–H and O–H groups in total. The van der Waals surface area contributed by atoms with Gasteiger partial charge in [-0.2, -0.15) is 9.97 Å². The molecular weight excluding hydrogens is 242 g/mol. The zero-order valence-electron chi connectivity index (χ0n) is 8.93. The van der Waals surface area contributed by atoms with Crippen LogP contribution in [-0.2, 0) is 4.79 Å². The number of rotatable bonds is 1. The van der Waals surface area contributed by atoms with Gasteiger partial charge in [-0.15, -0.1) is 0 Å². The number of fused-ring (bicyclic) bond motifs is 1. The van der Waals surface area contributed by atoms with Gasteiger partial charge in [0.15, 0.2) is 16.6 Å². The molecule has 1 unspecified atom stereocenters. The average Bonchev–Trinajstić information content (AvgIpc) is 2.84. The lowest BCUT2D eigenvalue weighted by molar-refractivity contribution is -0.120. The predicted molar refractivity (Wildman–Crippen MR) is 62.6 cm³/mol. The summed E-state index contributed by atoms with van der Waals surface area (Å²) in [7, 11) is 0. The van der Waals surface area contributed by atoms with Crippen LogP contribution in [0.15, 0.2) is 6.33 Å². The lowest BCUT2D eigenvalue weighted by Gasteiger charge is -2.10. The van der Waals surface area contributed by atoms with Gasteiger partial charge in [0.05, 0.1) is 12.4 Å². The highest BCUT2D eigenvalue weighted by atomic mass is 35.5. The number of carbonyl (C=O) groups excluding carboxylic acids is 1. The van der Waals surface area contributed by atoms with E-state index in [1.54, 1.807) is 10.9 Å². The number of anilines is 1. The fraction of sp³-hybridized carbons (Fsp3) is 0.400. The molecule has 0 saturated heterocycles.